The van der Waals surface area contributed by atoms with Crippen molar-refractivity contribution in [3.63, 3.8) is 0 Å². The summed E-state index contributed by atoms with van der Waals surface area (Å²) in [6.07, 6.45) is 3.73. The molecule has 0 bridgehead atoms. The topological polar surface area (TPSA) is 21.3 Å². The van der Waals surface area contributed by atoms with E-state index < -0.39 is 0 Å². The van der Waals surface area contributed by atoms with Crippen molar-refractivity contribution < 1.29 is 4.74 Å². The summed E-state index contributed by atoms with van der Waals surface area (Å²) in [6, 6.07) is 8.71. The molecule has 0 spiro atoms. The van der Waals surface area contributed by atoms with Gasteiger partial charge in [-0.05, 0) is 42.7 Å². The van der Waals surface area contributed by atoms with Gasteiger partial charge in [0.05, 0.1) is 0 Å². The van der Waals surface area contributed by atoms with Gasteiger partial charge in [0.25, 0.3) is 0 Å². The minimum atomic E-state index is 0.804. The van der Waals surface area contributed by atoms with Crippen LogP contribution >= 0.6 is 0 Å². The fourth-order valence-corrected chi connectivity index (χ4v) is 2.99. The Kier molecular flexibility index (Phi) is 2.83. The zero-order chi connectivity index (χ0) is 10.8. The lowest BCUT2D eigenvalue weighted by Crippen LogP contribution is -2.32. The van der Waals surface area contributed by atoms with E-state index in [1.165, 1.54) is 30.5 Å². The van der Waals surface area contributed by atoms with E-state index in [1.54, 1.807) is 0 Å². The lowest BCUT2D eigenvalue weighted by molar-refractivity contribution is 0.0481. The number of hydrogen-bond acceptors (Lipinski definition) is 2. The van der Waals surface area contributed by atoms with Gasteiger partial charge in [-0.25, -0.2) is 0 Å². The SMILES string of the molecule is c1ccc2c(c1)CC(C1CCOCC1)CN2. The molecule has 3 rings (SSSR count). The first-order chi connectivity index (χ1) is 7.93. The van der Waals surface area contributed by atoms with Gasteiger partial charge in [-0.2, -0.15) is 0 Å². The summed E-state index contributed by atoms with van der Waals surface area (Å²) in [5.74, 6) is 1.66. The maximum Gasteiger partial charge on any atom is 0.0468 e. The van der Waals surface area contributed by atoms with Gasteiger partial charge in [-0.15, -0.1) is 0 Å². The molecule has 1 atom stereocenters. The molecule has 2 heterocycles. The molecule has 1 aromatic rings. The van der Waals surface area contributed by atoms with Crippen molar-refractivity contribution in [2.75, 3.05) is 25.1 Å². The fraction of sp³-hybridized carbons (Fsp3) is 0.571. The minimum Gasteiger partial charge on any atom is -0.385 e. The first-order valence-corrected chi connectivity index (χ1v) is 6.33. The van der Waals surface area contributed by atoms with Crippen LogP contribution in [0.4, 0.5) is 5.69 Å². The third-order valence-corrected chi connectivity index (χ3v) is 3.99. The summed E-state index contributed by atoms with van der Waals surface area (Å²) in [6.45, 7) is 3.06. The van der Waals surface area contributed by atoms with Crippen LogP contribution < -0.4 is 5.32 Å². The Morgan fingerprint density at radius 1 is 1.06 bits per heavy atom. The van der Waals surface area contributed by atoms with E-state index >= 15 is 0 Å². The second-order valence-corrected chi connectivity index (χ2v) is 4.95. The molecule has 1 N–H and O–H groups in total. The third kappa shape index (κ3) is 1.94. The first-order valence-electron chi connectivity index (χ1n) is 6.33. The summed E-state index contributed by atoms with van der Waals surface area (Å²) in [7, 11) is 0. The van der Waals surface area contributed by atoms with Crippen molar-refractivity contribution >= 4 is 5.69 Å². The minimum absolute atomic E-state index is 0.804. The van der Waals surface area contributed by atoms with Crippen LogP contribution in [0.25, 0.3) is 0 Å². The van der Waals surface area contributed by atoms with Crippen LogP contribution in [0.1, 0.15) is 18.4 Å². The molecular weight excluding hydrogens is 198 g/mol. The molecule has 2 heteroatoms. The van der Waals surface area contributed by atoms with E-state index in [9.17, 15) is 0 Å². The predicted molar refractivity (Wildman–Crippen MR) is 65.7 cm³/mol. The lowest BCUT2D eigenvalue weighted by Gasteiger charge is -2.34. The highest BCUT2D eigenvalue weighted by Gasteiger charge is 2.27. The Labute approximate surface area is 97.0 Å². The van der Waals surface area contributed by atoms with Gasteiger partial charge in [0.2, 0.25) is 0 Å². The van der Waals surface area contributed by atoms with Gasteiger partial charge >= 0.3 is 0 Å². The van der Waals surface area contributed by atoms with Gasteiger partial charge in [0.15, 0.2) is 0 Å². The predicted octanol–water partition coefficient (Wildman–Crippen LogP) is 2.70. The largest absolute Gasteiger partial charge is 0.385 e. The normalized spacial score (nSPS) is 25.9. The van der Waals surface area contributed by atoms with Crippen LogP contribution in [0.2, 0.25) is 0 Å². The summed E-state index contributed by atoms with van der Waals surface area (Å²) in [5, 5.41) is 3.57. The average Bonchev–Trinajstić information content (AvgIpc) is 2.39. The van der Waals surface area contributed by atoms with Crippen molar-refractivity contribution in [3.8, 4) is 0 Å². The van der Waals surface area contributed by atoms with E-state index in [0.29, 0.717) is 0 Å². The molecule has 16 heavy (non-hydrogen) atoms. The Hall–Kier alpha value is -1.02. The quantitative estimate of drug-likeness (QED) is 0.781. The van der Waals surface area contributed by atoms with Gasteiger partial charge in [0, 0.05) is 25.4 Å². The lowest BCUT2D eigenvalue weighted by atomic mass is 9.80. The molecule has 0 amide bonds. The Balaban J connectivity index is 1.72. The van der Waals surface area contributed by atoms with Crippen molar-refractivity contribution in [1.29, 1.82) is 0 Å². The highest BCUT2D eigenvalue weighted by Crippen LogP contribution is 2.32. The number of rotatable bonds is 1. The van der Waals surface area contributed by atoms with Crippen LogP contribution in [0, 0.1) is 11.8 Å². The Morgan fingerprint density at radius 3 is 2.75 bits per heavy atom. The van der Waals surface area contributed by atoms with Gasteiger partial charge in [0.1, 0.15) is 0 Å². The zero-order valence-corrected chi connectivity index (χ0v) is 9.61. The molecule has 86 valence electrons. The van der Waals surface area contributed by atoms with Gasteiger partial charge in [-0.3, -0.25) is 0 Å². The fourth-order valence-electron chi connectivity index (χ4n) is 2.99. The van der Waals surface area contributed by atoms with E-state index in [4.69, 9.17) is 4.74 Å². The molecule has 2 aliphatic rings. The Morgan fingerprint density at radius 2 is 1.88 bits per heavy atom. The molecule has 0 saturated carbocycles. The summed E-state index contributed by atoms with van der Waals surface area (Å²) in [5.41, 5.74) is 2.83. The molecule has 2 nitrogen and oxygen atoms in total. The van der Waals surface area contributed by atoms with Crippen molar-refractivity contribution in [1.82, 2.24) is 0 Å². The maximum atomic E-state index is 5.44. The molecule has 1 aromatic carbocycles. The monoisotopic (exact) mass is 217 g/mol. The van der Waals surface area contributed by atoms with Crippen molar-refractivity contribution in [2.45, 2.75) is 19.3 Å². The zero-order valence-electron chi connectivity index (χ0n) is 9.61. The summed E-state index contributed by atoms with van der Waals surface area (Å²) < 4.78 is 5.44. The second kappa shape index (κ2) is 4.46. The average molecular weight is 217 g/mol. The Bertz CT molecular complexity index is 358. The van der Waals surface area contributed by atoms with Crippen LogP contribution in [-0.4, -0.2) is 19.8 Å². The van der Waals surface area contributed by atoms with E-state index in [1.807, 2.05) is 0 Å². The van der Waals surface area contributed by atoms with Crippen molar-refractivity contribution in [3.05, 3.63) is 29.8 Å². The number of nitrogens with one attached hydrogen (secondary N) is 1. The molecule has 1 unspecified atom stereocenters. The number of ether oxygens (including phenoxy) is 1. The molecule has 2 aliphatic heterocycles. The van der Waals surface area contributed by atoms with Gasteiger partial charge in [-0.1, -0.05) is 18.2 Å². The van der Waals surface area contributed by atoms with E-state index in [2.05, 4.69) is 29.6 Å². The molecule has 0 aliphatic carbocycles. The third-order valence-electron chi connectivity index (χ3n) is 3.99. The standard InChI is InChI=1S/C14H19NO/c1-2-4-14-12(3-1)9-13(10-15-14)11-5-7-16-8-6-11/h1-4,11,13,15H,5-10H2. The number of anilines is 1. The van der Waals surface area contributed by atoms with E-state index in [-0.39, 0.29) is 0 Å². The van der Waals surface area contributed by atoms with Crippen LogP contribution in [0.5, 0.6) is 0 Å². The van der Waals surface area contributed by atoms with Crippen LogP contribution in [0.3, 0.4) is 0 Å². The van der Waals surface area contributed by atoms with Crippen molar-refractivity contribution in [2.24, 2.45) is 11.8 Å². The number of fused-ring (bicyclic) bond motifs is 1. The summed E-state index contributed by atoms with van der Waals surface area (Å²) >= 11 is 0. The number of para-hydroxylation sites is 1. The smallest absolute Gasteiger partial charge is 0.0468 e. The summed E-state index contributed by atoms with van der Waals surface area (Å²) in [4.78, 5) is 0. The molecule has 0 aromatic heterocycles. The van der Waals surface area contributed by atoms with Crippen LogP contribution in [-0.2, 0) is 11.2 Å². The number of benzene rings is 1. The van der Waals surface area contributed by atoms with E-state index in [0.717, 1.165) is 31.6 Å². The highest BCUT2D eigenvalue weighted by molar-refractivity contribution is 5.53. The van der Waals surface area contributed by atoms with Gasteiger partial charge < -0.3 is 10.1 Å². The molecule has 1 saturated heterocycles. The second-order valence-electron chi connectivity index (χ2n) is 4.95. The highest BCUT2D eigenvalue weighted by atomic mass is 16.5. The number of hydrogen-bond donors (Lipinski definition) is 1. The molecule has 1 fully saturated rings. The molecule has 0 radical (unpaired) electrons. The van der Waals surface area contributed by atoms with Crippen LogP contribution in [0.15, 0.2) is 24.3 Å². The maximum absolute atomic E-state index is 5.44. The molecular formula is C14H19NO. The first kappa shape index (κ1) is 10.2.